The summed E-state index contributed by atoms with van der Waals surface area (Å²) in [5.41, 5.74) is 0. The Morgan fingerprint density at radius 1 is 0.521 bits per heavy atom. The molecule has 0 aliphatic heterocycles. The molecule has 0 aromatic heterocycles. The third-order valence-electron chi connectivity index (χ3n) is 9.84. The Balaban J connectivity index is 3.64. The maximum absolute atomic E-state index is 12.4. The standard InChI is InChI=1S/C43H83NO4/c1-3-5-7-9-11-13-15-17-19-20-21-22-24-25-27-29-31-33-35-37-41(46)43(48)40(39-45)44-42(47)38-36-34-32-30-28-26-23-18-16-14-12-10-8-6-4-2/h12,14,16,18,40-41,43,45-46,48H,3-11,13,15,17,19-39H2,1-2H3,(H,44,47)/b14-12-,18-16-. The van der Waals surface area contributed by atoms with Crippen LogP contribution in [-0.2, 0) is 4.79 Å². The molecule has 284 valence electrons. The average Bonchev–Trinajstić information content (AvgIpc) is 3.09. The van der Waals surface area contributed by atoms with E-state index >= 15 is 0 Å². The van der Waals surface area contributed by atoms with Gasteiger partial charge in [0.05, 0.1) is 18.8 Å². The maximum atomic E-state index is 12.4. The first-order valence-corrected chi connectivity index (χ1v) is 21.1. The fourth-order valence-corrected chi connectivity index (χ4v) is 6.51. The van der Waals surface area contributed by atoms with Crippen molar-refractivity contribution in [1.82, 2.24) is 5.32 Å². The lowest BCUT2D eigenvalue weighted by molar-refractivity contribution is -0.124. The number of aliphatic hydroxyl groups is 3. The molecule has 0 radical (unpaired) electrons. The molecule has 3 unspecified atom stereocenters. The largest absolute Gasteiger partial charge is 0.394 e. The molecule has 1 amide bonds. The Morgan fingerprint density at radius 3 is 1.31 bits per heavy atom. The summed E-state index contributed by atoms with van der Waals surface area (Å²) in [6.07, 6.45) is 45.6. The van der Waals surface area contributed by atoms with Crippen LogP contribution in [0.25, 0.3) is 0 Å². The first-order valence-electron chi connectivity index (χ1n) is 21.1. The number of unbranched alkanes of at least 4 members (excludes halogenated alkanes) is 27. The van der Waals surface area contributed by atoms with Gasteiger partial charge in [0.15, 0.2) is 0 Å². The number of aliphatic hydroxyl groups excluding tert-OH is 3. The molecule has 3 atom stereocenters. The van der Waals surface area contributed by atoms with E-state index in [0.717, 1.165) is 44.9 Å². The highest BCUT2D eigenvalue weighted by Gasteiger charge is 2.26. The van der Waals surface area contributed by atoms with Crippen LogP contribution in [0.3, 0.4) is 0 Å². The van der Waals surface area contributed by atoms with E-state index in [9.17, 15) is 20.1 Å². The molecule has 0 spiro atoms. The minimum Gasteiger partial charge on any atom is -0.394 e. The summed E-state index contributed by atoms with van der Waals surface area (Å²) in [6.45, 7) is 4.15. The van der Waals surface area contributed by atoms with E-state index in [1.54, 1.807) is 0 Å². The van der Waals surface area contributed by atoms with Crippen molar-refractivity contribution in [2.24, 2.45) is 0 Å². The van der Waals surface area contributed by atoms with Crippen molar-refractivity contribution in [2.75, 3.05) is 6.61 Å². The first-order chi connectivity index (χ1) is 23.6. The van der Waals surface area contributed by atoms with Crippen molar-refractivity contribution in [3.05, 3.63) is 24.3 Å². The van der Waals surface area contributed by atoms with Crippen LogP contribution < -0.4 is 5.32 Å². The molecule has 0 aliphatic rings. The number of nitrogens with one attached hydrogen (secondary N) is 1. The second kappa shape index (κ2) is 38.6. The van der Waals surface area contributed by atoms with Gasteiger partial charge in [-0.05, 0) is 38.5 Å². The lowest BCUT2D eigenvalue weighted by atomic mass is 9.99. The van der Waals surface area contributed by atoms with Crippen molar-refractivity contribution in [1.29, 1.82) is 0 Å². The van der Waals surface area contributed by atoms with E-state index in [2.05, 4.69) is 43.5 Å². The van der Waals surface area contributed by atoms with E-state index in [4.69, 9.17) is 0 Å². The van der Waals surface area contributed by atoms with E-state index in [1.807, 2.05) is 0 Å². The minimum atomic E-state index is -1.14. The Morgan fingerprint density at radius 2 is 0.875 bits per heavy atom. The summed E-state index contributed by atoms with van der Waals surface area (Å²) in [5.74, 6) is -0.156. The van der Waals surface area contributed by atoms with Gasteiger partial charge in [-0.25, -0.2) is 0 Å². The molecule has 0 fully saturated rings. The molecule has 0 saturated carbocycles. The van der Waals surface area contributed by atoms with Gasteiger partial charge in [0.25, 0.3) is 0 Å². The van der Waals surface area contributed by atoms with E-state index in [1.165, 1.54) is 148 Å². The zero-order valence-electron chi connectivity index (χ0n) is 32.1. The van der Waals surface area contributed by atoms with Gasteiger partial charge in [-0.3, -0.25) is 4.79 Å². The summed E-state index contributed by atoms with van der Waals surface area (Å²) in [6, 6.07) is -0.813. The number of carbonyl (C=O) groups is 1. The lowest BCUT2D eigenvalue weighted by Crippen LogP contribution is -2.50. The summed E-state index contributed by atoms with van der Waals surface area (Å²) in [5, 5.41) is 33.5. The molecule has 4 N–H and O–H groups in total. The summed E-state index contributed by atoms with van der Waals surface area (Å²) >= 11 is 0. The second-order valence-corrected chi connectivity index (χ2v) is 14.6. The minimum absolute atomic E-state index is 0.156. The van der Waals surface area contributed by atoms with Crippen LogP contribution in [0.15, 0.2) is 24.3 Å². The maximum Gasteiger partial charge on any atom is 0.220 e. The SMILES string of the molecule is CCCCC/C=C\C=C/CCCCCCCCC(=O)NC(CO)C(O)C(O)CCCCCCCCCCCCCCCCCCCCC. The normalized spacial score (nSPS) is 13.9. The van der Waals surface area contributed by atoms with Crippen molar-refractivity contribution in [3.8, 4) is 0 Å². The van der Waals surface area contributed by atoms with E-state index in [0.29, 0.717) is 12.8 Å². The molecule has 0 heterocycles. The lowest BCUT2D eigenvalue weighted by Gasteiger charge is -2.26. The van der Waals surface area contributed by atoms with Gasteiger partial charge in [0, 0.05) is 6.42 Å². The molecule has 0 aromatic rings. The quantitative estimate of drug-likeness (QED) is 0.0387. The molecule has 0 rings (SSSR count). The van der Waals surface area contributed by atoms with Crippen LogP contribution in [0.1, 0.15) is 219 Å². The van der Waals surface area contributed by atoms with Crippen molar-refractivity contribution < 1.29 is 20.1 Å². The molecule has 5 heteroatoms. The van der Waals surface area contributed by atoms with Gasteiger partial charge in [-0.15, -0.1) is 0 Å². The summed E-state index contributed by atoms with van der Waals surface area (Å²) < 4.78 is 0. The molecule has 5 nitrogen and oxygen atoms in total. The van der Waals surface area contributed by atoms with Crippen LogP contribution in [0, 0.1) is 0 Å². The van der Waals surface area contributed by atoms with Crippen molar-refractivity contribution in [3.63, 3.8) is 0 Å². The highest BCUT2D eigenvalue weighted by atomic mass is 16.3. The third-order valence-corrected chi connectivity index (χ3v) is 9.84. The highest BCUT2D eigenvalue weighted by Crippen LogP contribution is 2.16. The van der Waals surface area contributed by atoms with Crippen LogP contribution in [0.2, 0.25) is 0 Å². The van der Waals surface area contributed by atoms with Crippen LogP contribution in [0.5, 0.6) is 0 Å². The molecule has 48 heavy (non-hydrogen) atoms. The summed E-state index contributed by atoms with van der Waals surface area (Å²) in [4.78, 5) is 12.4. The Labute approximate surface area is 299 Å². The zero-order chi connectivity index (χ0) is 35.2. The third kappa shape index (κ3) is 33.3. The van der Waals surface area contributed by atoms with Crippen molar-refractivity contribution in [2.45, 2.75) is 238 Å². The van der Waals surface area contributed by atoms with Gasteiger partial charge in [-0.2, -0.15) is 0 Å². The van der Waals surface area contributed by atoms with Crippen molar-refractivity contribution >= 4 is 5.91 Å². The topological polar surface area (TPSA) is 89.8 Å². The molecular weight excluding hydrogens is 594 g/mol. The first kappa shape index (κ1) is 46.8. The molecule has 0 bridgehead atoms. The zero-order valence-corrected chi connectivity index (χ0v) is 32.1. The Bertz CT molecular complexity index is 709. The number of carbonyl (C=O) groups excluding carboxylic acids is 1. The van der Waals surface area contributed by atoms with Gasteiger partial charge >= 0.3 is 0 Å². The van der Waals surface area contributed by atoms with Crippen LogP contribution >= 0.6 is 0 Å². The number of amides is 1. The number of allylic oxidation sites excluding steroid dienone is 4. The molecule has 0 aromatic carbocycles. The van der Waals surface area contributed by atoms with Gasteiger partial charge < -0.3 is 20.6 Å². The average molecular weight is 678 g/mol. The highest BCUT2D eigenvalue weighted by molar-refractivity contribution is 5.76. The van der Waals surface area contributed by atoms with Gasteiger partial charge in [0.1, 0.15) is 6.10 Å². The Hall–Kier alpha value is -1.17. The predicted molar refractivity (Wildman–Crippen MR) is 208 cm³/mol. The summed E-state index contributed by atoms with van der Waals surface area (Å²) in [7, 11) is 0. The molecular formula is C43H83NO4. The number of hydrogen-bond acceptors (Lipinski definition) is 4. The fraction of sp³-hybridized carbons (Fsp3) is 0.884. The van der Waals surface area contributed by atoms with Crippen LogP contribution in [-0.4, -0.2) is 46.1 Å². The van der Waals surface area contributed by atoms with Gasteiger partial charge in [-0.1, -0.05) is 199 Å². The molecule has 0 saturated heterocycles. The predicted octanol–water partition coefficient (Wildman–Crippen LogP) is 11.8. The van der Waals surface area contributed by atoms with E-state index in [-0.39, 0.29) is 12.5 Å². The molecule has 0 aliphatic carbocycles. The van der Waals surface area contributed by atoms with Gasteiger partial charge in [0.2, 0.25) is 5.91 Å². The smallest absolute Gasteiger partial charge is 0.220 e. The monoisotopic (exact) mass is 678 g/mol. The second-order valence-electron chi connectivity index (χ2n) is 14.6. The van der Waals surface area contributed by atoms with E-state index < -0.39 is 18.2 Å². The number of hydrogen-bond donors (Lipinski definition) is 4. The Kier molecular flexibility index (Phi) is 37.7. The number of rotatable bonds is 38. The fourth-order valence-electron chi connectivity index (χ4n) is 6.51. The van der Waals surface area contributed by atoms with Crippen LogP contribution in [0.4, 0.5) is 0 Å².